The van der Waals surface area contributed by atoms with Crippen LogP contribution in [0.2, 0.25) is 0 Å². The van der Waals surface area contributed by atoms with Gasteiger partial charge in [0.05, 0.1) is 11.5 Å². The molecule has 0 atom stereocenters. The largest absolute Gasteiger partial charge is 0.439 e. The zero-order valence-electron chi connectivity index (χ0n) is 10.2. The van der Waals surface area contributed by atoms with Gasteiger partial charge in [0.25, 0.3) is 5.69 Å². The number of nitro groups is 1. The number of benzene rings is 1. The lowest BCUT2D eigenvalue weighted by atomic mass is 10.2. The number of ether oxygens (including phenoxy) is 1. The number of rotatable bonds is 4. The topological polar surface area (TPSA) is 85.5 Å². The molecule has 0 spiro atoms. The van der Waals surface area contributed by atoms with Gasteiger partial charge in [0.15, 0.2) is 0 Å². The minimum absolute atomic E-state index is 0.0326. The van der Waals surface area contributed by atoms with Crippen LogP contribution in [0, 0.1) is 17.0 Å². The smallest absolute Gasteiger partial charge is 0.290 e. The summed E-state index contributed by atoms with van der Waals surface area (Å²) in [6, 6.07) is 8.37. The molecule has 0 unspecified atom stereocenters. The molecule has 1 aromatic heterocycles. The average Bonchev–Trinajstić information content (AvgIpc) is 2.39. The summed E-state index contributed by atoms with van der Waals surface area (Å²) in [5, 5.41) is 19.6. The number of aliphatic hydroxyl groups is 1. The molecule has 1 N–H and O–H groups in total. The quantitative estimate of drug-likeness (QED) is 0.674. The van der Waals surface area contributed by atoms with Gasteiger partial charge < -0.3 is 9.84 Å². The molecule has 0 aliphatic heterocycles. The van der Waals surface area contributed by atoms with E-state index in [1.54, 1.807) is 31.2 Å². The Morgan fingerprint density at radius 3 is 2.58 bits per heavy atom. The fourth-order valence-corrected chi connectivity index (χ4v) is 1.55. The van der Waals surface area contributed by atoms with Gasteiger partial charge in [0.2, 0.25) is 5.88 Å². The molecule has 0 saturated heterocycles. The lowest BCUT2D eigenvalue weighted by Crippen LogP contribution is -1.95. The Hall–Kier alpha value is -2.47. The minimum atomic E-state index is -0.484. The second-order valence-electron chi connectivity index (χ2n) is 3.97. The third kappa shape index (κ3) is 3.05. The Bertz CT molecular complexity index is 596. The normalized spacial score (nSPS) is 10.2. The molecule has 0 bridgehead atoms. The highest BCUT2D eigenvalue weighted by Crippen LogP contribution is 2.24. The molecule has 1 aromatic carbocycles. The molecule has 6 heteroatoms. The van der Waals surface area contributed by atoms with Crippen molar-refractivity contribution >= 4 is 5.69 Å². The zero-order chi connectivity index (χ0) is 13.8. The molecule has 0 saturated carbocycles. The van der Waals surface area contributed by atoms with Crippen LogP contribution in [-0.4, -0.2) is 15.0 Å². The van der Waals surface area contributed by atoms with Gasteiger partial charge in [-0.25, -0.2) is 4.98 Å². The SMILES string of the molecule is Cc1cc(Oc2ccc(CO)cc2)ncc1[N+](=O)[O-]. The summed E-state index contributed by atoms with van der Waals surface area (Å²) < 4.78 is 5.48. The number of pyridine rings is 1. The number of aromatic nitrogens is 1. The van der Waals surface area contributed by atoms with Crippen LogP contribution in [0.15, 0.2) is 36.5 Å². The van der Waals surface area contributed by atoms with Crippen molar-refractivity contribution in [2.75, 3.05) is 0 Å². The highest BCUT2D eigenvalue weighted by atomic mass is 16.6. The van der Waals surface area contributed by atoms with Crippen LogP contribution in [0.3, 0.4) is 0 Å². The third-order valence-corrected chi connectivity index (χ3v) is 2.58. The molecule has 2 aromatic rings. The second-order valence-corrected chi connectivity index (χ2v) is 3.97. The summed E-state index contributed by atoms with van der Waals surface area (Å²) in [7, 11) is 0. The Balaban J connectivity index is 2.18. The van der Waals surface area contributed by atoms with Crippen LogP contribution in [0.5, 0.6) is 11.6 Å². The molecule has 1 heterocycles. The fourth-order valence-electron chi connectivity index (χ4n) is 1.55. The predicted molar refractivity (Wildman–Crippen MR) is 68.1 cm³/mol. The Kier molecular flexibility index (Phi) is 3.72. The van der Waals surface area contributed by atoms with Crippen molar-refractivity contribution in [3.8, 4) is 11.6 Å². The zero-order valence-corrected chi connectivity index (χ0v) is 10.2. The number of aryl methyl sites for hydroxylation is 1. The van der Waals surface area contributed by atoms with Crippen LogP contribution in [0.1, 0.15) is 11.1 Å². The van der Waals surface area contributed by atoms with Crippen molar-refractivity contribution < 1.29 is 14.8 Å². The van der Waals surface area contributed by atoms with Crippen LogP contribution >= 0.6 is 0 Å². The fraction of sp³-hybridized carbons (Fsp3) is 0.154. The van der Waals surface area contributed by atoms with Crippen molar-refractivity contribution in [2.24, 2.45) is 0 Å². The molecule has 98 valence electrons. The second kappa shape index (κ2) is 5.45. The van der Waals surface area contributed by atoms with Gasteiger partial charge in [0.1, 0.15) is 11.9 Å². The minimum Gasteiger partial charge on any atom is -0.439 e. The lowest BCUT2D eigenvalue weighted by molar-refractivity contribution is -0.385. The maximum atomic E-state index is 10.7. The van der Waals surface area contributed by atoms with Gasteiger partial charge in [-0.05, 0) is 24.6 Å². The predicted octanol–water partition coefficient (Wildman–Crippen LogP) is 2.58. The van der Waals surface area contributed by atoms with E-state index in [9.17, 15) is 10.1 Å². The average molecular weight is 260 g/mol. The molecular weight excluding hydrogens is 248 g/mol. The first-order chi connectivity index (χ1) is 9.10. The molecular formula is C13H12N2O4. The summed E-state index contributed by atoms with van der Waals surface area (Å²) in [5.41, 5.74) is 1.23. The van der Waals surface area contributed by atoms with Gasteiger partial charge in [-0.1, -0.05) is 12.1 Å². The van der Waals surface area contributed by atoms with E-state index in [1.165, 1.54) is 12.3 Å². The number of aliphatic hydroxyl groups excluding tert-OH is 1. The summed E-state index contributed by atoms with van der Waals surface area (Å²) in [6.07, 6.45) is 1.17. The van der Waals surface area contributed by atoms with Crippen molar-refractivity contribution in [3.63, 3.8) is 0 Å². The number of hydrogen-bond acceptors (Lipinski definition) is 5. The Labute approximate surface area is 109 Å². The van der Waals surface area contributed by atoms with Gasteiger partial charge in [-0.3, -0.25) is 10.1 Å². The summed E-state index contributed by atoms with van der Waals surface area (Å²) in [4.78, 5) is 14.1. The lowest BCUT2D eigenvalue weighted by Gasteiger charge is -2.06. The molecule has 2 rings (SSSR count). The number of hydrogen-bond donors (Lipinski definition) is 1. The van der Waals surface area contributed by atoms with E-state index in [-0.39, 0.29) is 12.3 Å². The van der Waals surface area contributed by atoms with E-state index in [4.69, 9.17) is 9.84 Å². The van der Waals surface area contributed by atoms with Crippen LogP contribution < -0.4 is 4.74 Å². The Morgan fingerprint density at radius 1 is 1.37 bits per heavy atom. The molecule has 0 amide bonds. The van der Waals surface area contributed by atoms with E-state index in [2.05, 4.69) is 4.98 Å². The van der Waals surface area contributed by atoms with Crippen molar-refractivity contribution in [1.29, 1.82) is 0 Å². The molecule has 6 nitrogen and oxygen atoms in total. The summed E-state index contributed by atoms with van der Waals surface area (Å²) in [6.45, 7) is 1.59. The van der Waals surface area contributed by atoms with Crippen LogP contribution in [0.4, 0.5) is 5.69 Å². The molecule has 0 aliphatic carbocycles. The maximum Gasteiger partial charge on any atom is 0.290 e. The first-order valence-electron chi connectivity index (χ1n) is 5.59. The van der Waals surface area contributed by atoms with Gasteiger partial charge in [0, 0.05) is 11.6 Å². The summed E-state index contributed by atoms with van der Waals surface area (Å²) >= 11 is 0. The first-order valence-corrected chi connectivity index (χ1v) is 5.59. The third-order valence-electron chi connectivity index (χ3n) is 2.58. The highest BCUT2D eigenvalue weighted by molar-refractivity contribution is 5.40. The first kappa shape index (κ1) is 13.0. The monoisotopic (exact) mass is 260 g/mol. The van der Waals surface area contributed by atoms with Crippen molar-refractivity contribution in [3.05, 3.63) is 57.8 Å². The molecule has 0 fully saturated rings. The van der Waals surface area contributed by atoms with Crippen LogP contribution in [0.25, 0.3) is 0 Å². The van der Waals surface area contributed by atoms with Crippen LogP contribution in [-0.2, 0) is 6.61 Å². The number of nitrogens with zero attached hydrogens (tertiary/aromatic N) is 2. The summed E-state index contributed by atoms with van der Waals surface area (Å²) in [5.74, 6) is 0.845. The highest BCUT2D eigenvalue weighted by Gasteiger charge is 2.12. The van der Waals surface area contributed by atoms with E-state index in [0.717, 1.165) is 5.56 Å². The van der Waals surface area contributed by atoms with E-state index < -0.39 is 4.92 Å². The van der Waals surface area contributed by atoms with Gasteiger partial charge >= 0.3 is 0 Å². The van der Waals surface area contributed by atoms with Gasteiger partial charge in [-0.15, -0.1) is 0 Å². The maximum absolute atomic E-state index is 10.7. The van der Waals surface area contributed by atoms with Crippen molar-refractivity contribution in [2.45, 2.75) is 13.5 Å². The van der Waals surface area contributed by atoms with Crippen molar-refractivity contribution in [1.82, 2.24) is 4.98 Å². The van der Waals surface area contributed by atoms with E-state index in [0.29, 0.717) is 17.2 Å². The van der Waals surface area contributed by atoms with Gasteiger partial charge in [-0.2, -0.15) is 0 Å². The van der Waals surface area contributed by atoms with E-state index in [1.807, 2.05) is 0 Å². The van der Waals surface area contributed by atoms with E-state index >= 15 is 0 Å². The Morgan fingerprint density at radius 2 is 2.05 bits per heavy atom. The molecule has 0 aliphatic rings. The molecule has 0 radical (unpaired) electrons. The standard InChI is InChI=1S/C13H12N2O4/c1-9-6-13(14-7-12(9)15(17)18)19-11-4-2-10(8-16)3-5-11/h2-7,16H,8H2,1H3. The molecule has 19 heavy (non-hydrogen) atoms.